The fraction of sp³-hybridized carbons (Fsp3) is 0. The van der Waals surface area contributed by atoms with E-state index in [4.69, 9.17) is 0 Å². The van der Waals surface area contributed by atoms with Crippen LogP contribution in [0.1, 0.15) is 10.4 Å². The Hall–Kier alpha value is -2.04. The van der Waals surface area contributed by atoms with Gasteiger partial charge in [-0.3, -0.25) is 0 Å². The number of benzene rings is 2. The second kappa shape index (κ2) is 4.45. The average Bonchev–Trinajstić information content (AvgIpc) is 2.89. The van der Waals surface area contributed by atoms with Crippen molar-refractivity contribution in [2.45, 2.75) is 0 Å². The quantitative estimate of drug-likeness (QED) is 0.509. The van der Waals surface area contributed by atoms with Gasteiger partial charge in [-0.15, -0.1) is 11.3 Å². The molecule has 0 amide bonds. The summed E-state index contributed by atoms with van der Waals surface area (Å²) in [6.07, 6.45) is 0. The molecule has 0 N–H and O–H groups in total. The molecule has 0 saturated carbocycles. The molecule has 0 fully saturated rings. The summed E-state index contributed by atoms with van der Waals surface area (Å²) in [6, 6.07) is 18.7. The van der Waals surface area contributed by atoms with Crippen LogP contribution in [0.4, 0.5) is 0 Å². The van der Waals surface area contributed by atoms with Crippen molar-refractivity contribution in [2.24, 2.45) is 0 Å². The second-order valence-electron chi connectivity index (χ2n) is 3.75. The van der Waals surface area contributed by atoms with Gasteiger partial charge < -0.3 is 0 Å². The number of rotatable bonds is 0. The van der Waals surface area contributed by atoms with Gasteiger partial charge in [0, 0.05) is 5.56 Å². The Morgan fingerprint density at radius 3 is 2.53 bits per heavy atom. The lowest BCUT2D eigenvalue weighted by Crippen LogP contribution is -1.78. The third kappa shape index (κ3) is 2.08. The lowest BCUT2D eigenvalue weighted by Gasteiger charge is -1.98. The van der Waals surface area contributed by atoms with Crippen LogP contribution in [0.5, 0.6) is 0 Å². The Kier molecular flexibility index (Phi) is 2.65. The molecule has 0 bridgehead atoms. The van der Waals surface area contributed by atoms with Crippen LogP contribution in [0, 0.1) is 11.8 Å². The first-order chi connectivity index (χ1) is 8.43. The Morgan fingerprint density at radius 2 is 1.65 bits per heavy atom. The van der Waals surface area contributed by atoms with Crippen LogP contribution in [0.3, 0.4) is 0 Å². The zero-order chi connectivity index (χ0) is 11.5. The molecule has 0 atom stereocenters. The smallest absolute Gasteiger partial charge is 0.0772 e. The molecule has 1 aromatic heterocycles. The van der Waals surface area contributed by atoms with Gasteiger partial charge in [0.25, 0.3) is 0 Å². The first kappa shape index (κ1) is 10.1. The first-order valence-corrected chi connectivity index (χ1v) is 6.35. The Balaban J connectivity index is 2.12. The maximum absolute atomic E-state index is 3.25. The number of hydrogen-bond acceptors (Lipinski definition) is 1. The third-order valence-corrected chi connectivity index (χ3v) is 3.42. The Bertz CT molecular complexity index is 692. The van der Waals surface area contributed by atoms with E-state index in [1.165, 1.54) is 10.8 Å². The van der Waals surface area contributed by atoms with E-state index >= 15 is 0 Å². The number of fused-ring (bicyclic) bond motifs is 1. The summed E-state index contributed by atoms with van der Waals surface area (Å²) in [5.41, 5.74) is 1.09. The van der Waals surface area contributed by atoms with Gasteiger partial charge in [-0.2, -0.15) is 0 Å². The van der Waals surface area contributed by atoms with E-state index in [0.717, 1.165) is 10.4 Å². The highest BCUT2D eigenvalue weighted by molar-refractivity contribution is 7.10. The highest BCUT2D eigenvalue weighted by Gasteiger charge is 1.96. The molecule has 0 aliphatic heterocycles. The van der Waals surface area contributed by atoms with Crippen LogP contribution in [0.15, 0.2) is 60.0 Å². The Labute approximate surface area is 105 Å². The van der Waals surface area contributed by atoms with E-state index in [9.17, 15) is 0 Å². The van der Waals surface area contributed by atoms with Crippen LogP contribution >= 0.6 is 11.3 Å². The van der Waals surface area contributed by atoms with Crippen molar-refractivity contribution in [3.8, 4) is 11.8 Å². The average molecular weight is 234 g/mol. The molecule has 17 heavy (non-hydrogen) atoms. The molecule has 0 saturated heterocycles. The molecule has 0 radical (unpaired) electrons. The van der Waals surface area contributed by atoms with Gasteiger partial charge in [0.2, 0.25) is 0 Å². The molecular weight excluding hydrogens is 224 g/mol. The van der Waals surface area contributed by atoms with Crippen molar-refractivity contribution >= 4 is 22.1 Å². The summed E-state index contributed by atoms with van der Waals surface area (Å²) in [7, 11) is 0. The number of hydrogen-bond donors (Lipinski definition) is 0. The maximum Gasteiger partial charge on any atom is 0.0772 e. The normalized spacial score (nSPS) is 9.88. The van der Waals surface area contributed by atoms with E-state index in [2.05, 4.69) is 54.3 Å². The van der Waals surface area contributed by atoms with Gasteiger partial charge in [-0.25, -0.2) is 0 Å². The molecule has 3 aromatic rings. The summed E-state index contributed by atoms with van der Waals surface area (Å²) in [4.78, 5) is 1.11. The lowest BCUT2D eigenvalue weighted by atomic mass is 10.1. The highest BCUT2D eigenvalue weighted by atomic mass is 32.1. The zero-order valence-electron chi connectivity index (χ0n) is 9.18. The van der Waals surface area contributed by atoms with Crippen molar-refractivity contribution in [2.75, 3.05) is 0 Å². The fourth-order valence-corrected chi connectivity index (χ4v) is 2.38. The van der Waals surface area contributed by atoms with Gasteiger partial charge in [0.05, 0.1) is 4.88 Å². The molecule has 0 unspecified atom stereocenters. The van der Waals surface area contributed by atoms with Crippen molar-refractivity contribution in [1.82, 2.24) is 0 Å². The summed E-state index contributed by atoms with van der Waals surface area (Å²) < 4.78 is 0. The third-order valence-electron chi connectivity index (χ3n) is 2.63. The van der Waals surface area contributed by atoms with Crippen LogP contribution < -0.4 is 0 Å². The van der Waals surface area contributed by atoms with Crippen LogP contribution in [-0.4, -0.2) is 0 Å². The SMILES string of the molecule is C(#Cc1cccc2ccccc12)c1cccs1. The summed E-state index contributed by atoms with van der Waals surface area (Å²) in [5, 5.41) is 4.51. The van der Waals surface area contributed by atoms with Gasteiger partial charge in [-0.1, -0.05) is 54.3 Å². The molecule has 1 heteroatoms. The molecule has 0 aliphatic carbocycles. The van der Waals surface area contributed by atoms with Crippen molar-refractivity contribution in [3.05, 3.63) is 70.4 Å². The van der Waals surface area contributed by atoms with Crippen LogP contribution in [-0.2, 0) is 0 Å². The molecule has 3 rings (SSSR count). The lowest BCUT2D eigenvalue weighted by molar-refractivity contribution is 1.70. The Morgan fingerprint density at radius 1 is 0.765 bits per heavy atom. The number of thiophene rings is 1. The van der Waals surface area contributed by atoms with E-state index in [0.29, 0.717) is 0 Å². The minimum absolute atomic E-state index is 1.09. The highest BCUT2D eigenvalue weighted by Crippen LogP contribution is 2.17. The predicted octanol–water partition coefficient (Wildman–Crippen LogP) is 4.30. The minimum Gasteiger partial charge on any atom is -0.135 e. The van der Waals surface area contributed by atoms with E-state index in [-0.39, 0.29) is 0 Å². The molecule has 1 heterocycles. The first-order valence-electron chi connectivity index (χ1n) is 5.47. The fourth-order valence-electron chi connectivity index (χ4n) is 1.81. The van der Waals surface area contributed by atoms with E-state index < -0.39 is 0 Å². The monoisotopic (exact) mass is 234 g/mol. The second-order valence-corrected chi connectivity index (χ2v) is 4.70. The molecule has 80 valence electrons. The van der Waals surface area contributed by atoms with Crippen LogP contribution in [0.2, 0.25) is 0 Å². The van der Waals surface area contributed by atoms with Crippen molar-refractivity contribution < 1.29 is 0 Å². The summed E-state index contributed by atoms with van der Waals surface area (Å²) in [5.74, 6) is 6.45. The maximum atomic E-state index is 3.25. The van der Waals surface area contributed by atoms with E-state index in [1.807, 2.05) is 17.5 Å². The van der Waals surface area contributed by atoms with Gasteiger partial charge in [-0.05, 0) is 28.3 Å². The molecule has 0 aliphatic rings. The largest absolute Gasteiger partial charge is 0.135 e. The van der Waals surface area contributed by atoms with E-state index in [1.54, 1.807) is 11.3 Å². The van der Waals surface area contributed by atoms with Crippen molar-refractivity contribution in [3.63, 3.8) is 0 Å². The van der Waals surface area contributed by atoms with Crippen molar-refractivity contribution in [1.29, 1.82) is 0 Å². The minimum atomic E-state index is 1.09. The molecule has 0 spiro atoms. The predicted molar refractivity (Wildman–Crippen MR) is 74.2 cm³/mol. The molecule has 2 aromatic carbocycles. The molecule has 0 nitrogen and oxygen atoms in total. The zero-order valence-corrected chi connectivity index (χ0v) is 10.00. The van der Waals surface area contributed by atoms with Crippen LogP contribution in [0.25, 0.3) is 10.8 Å². The molecular formula is C16H10S. The van der Waals surface area contributed by atoms with Gasteiger partial charge in [0.15, 0.2) is 0 Å². The summed E-state index contributed by atoms with van der Waals surface area (Å²) in [6.45, 7) is 0. The topological polar surface area (TPSA) is 0 Å². The standard InChI is InChI=1S/C16H10S/c1-2-9-16-13(5-1)6-3-7-14(16)10-11-15-8-4-12-17-15/h1-9,12H. The van der Waals surface area contributed by atoms with Gasteiger partial charge >= 0.3 is 0 Å². The summed E-state index contributed by atoms with van der Waals surface area (Å²) >= 11 is 1.67. The van der Waals surface area contributed by atoms with Gasteiger partial charge in [0.1, 0.15) is 0 Å².